The Labute approximate surface area is 115 Å². The third-order valence-corrected chi connectivity index (χ3v) is 3.49. The molecule has 1 fully saturated rings. The summed E-state index contributed by atoms with van der Waals surface area (Å²) in [7, 11) is 1.30. The Morgan fingerprint density at radius 2 is 2.10 bits per heavy atom. The number of ether oxygens (including phenoxy) is 1. The Balaban J connectivity index is 2.17. The number of carbonyl (C=O) groups excluding carboxylic acids is 1. The van der Waals surface area contributed by atoms with Crippen LogP contribution in [0.5, 0.6) is 0 Å². The van der Waals surface area contributed by atoms with Crippen LogP contribution in [0.2, 0.25) is 0 Å². The van der Waals surface area contributed by atoms with Gasteiger partial charge in [-0.1, -0.05) is 12.1 Å². The van der Waals surface area contributed by atoms with Gasteiger partial charge in [-0.15, -0.1) is 0 Å². The number of esters is 1. The molecule has 2 rings (SSSR count). The topological polar surface area (TPSA) is 38.3 Å². The van der Waals surface area contributed by atoms with Gasteiger partial charge in [-0.05, 0) is 37.0 Å². The van der Waals surface area contributed by atoms with Crippen LogP contribution in [0.4, 0.5) is 13.2 Å². The van der Waals surface area contributed by atoms with E-state index in [1.807, 2.05) is 0 Å². The SMILES string of the molecule is COC(=O)C1CCCC(c2cccc(C(F)(F)F)c2)N1. The summed E-state index contributed by atoms with van der Waals surface area (Å²) in [6, 6.07) is 4.51. The minimum atomic E-state index is -4.35. The Morgan fingerprint density at radius 1 is 1.35 bits per heavy atom. The lowest BCUT2D eigenvalue weighted by atomic mass is 9.92. The summed E-state index contributed by atoms with van der Waals surface area (Å²) < 4.78 is 42.8. The van der Waals surface area contributed by atoms with Crippen LogP contribution in [0.15, 0.2) is 24.3 Å². The molecule has 3 nitrogen and oxygen atoms in total. The highest BCUT2D eigenvalue weighted by Gasteiger charge is 2.32. The minimum absolute atomic E-state index is 0.254. The van der Waals surface area contributed by atoms with Gasteiger partial charge in [-0.3, -0.25) is 10.1 Å². The Morgan fingerprint density at radius 3 is 2.75 bits per heavy atom. The maximum absolute atomic E-state index is 12.7. The third kappa shape index (κ3) is 3.30. The van der Waals surface area contributed by atoms with E-state index in [2.05, 4.69) is 10.1 Å². The van der Waals surface area contributed by atoms with Gasteiger partial charge in [-0.2, -0.15) is 13.2 Å². The number of nitrogens with one attached hydrogen (secondary N) is 1. The zero-order valence-electron chi connectivity index (χ0n) is 11.0. The highest BCUT2D eigenvalue weighted by atomic mass is 19.4. The molecule has 0 aromatic heterocycles. The van der Waals surface area contributed by atoms with Crippen molar-refractivity contribution in [2.75, 3.05) is 7.11 Å². The number of methoxy groups -OCH3 is 1. The number of hydrogen-bond acceptors (Lipinski definition) is 3. The van der Waals surface area contributed by atoms with E-state index in [1.54, 1.807) is 6.07 Å². The molecule has 0 bridgehead atoms. The lowest BCUT2D eigenvalue weighted by Gasteiger charge is -2.30. The van der Waals surface area contributed by atoms with E-state index in [4.69, 9.17) is 0 Å². The lowest BCUT2D eigenvalue weighted by molar-refractivity contribution is -0.144. The molecule has 0 amide bonds. The Hall–Kier alpha value is -1.56. The van der Waals surface area contributed by atoms with Crippen LogP contribution in [0, 0.1) is 0 Å². The molecule has 1 heterocycles. The van der Waals surface area contributed by atoms with Crippen LogP contribution >= 0.6 is 0 Å². The van der Waals surface area contributed by atoms with Crippen molar-refractivity contribution in [2.24, 2.45) is 0 Å². The van der Waals surface area contributed by atoms with Crippen LogP contribution < -0.4 is 5.32 Å². The average molecular weight is 287 g/mol. The van der Waals surface area contributed by atoms with Gasteiger partial charge in [0.1, 0.15) is 6.04 Å². The molecule has 6 heteroatoms. The molecule has 0 saturated carbocycles. The third-order valence-electron chi connectivity index (χ3n) is 3.49. The molecule has 2 unspecified atom stereocenters. The second kappa shape index (κ2) is 5.83. The highest BCUT2D eigenvalue weighted by molar-refractivity contribution is 5.75. The van der Waals surface area contributed by atoms with E-state index in [-0.39, 0.29) is 12.0 Å². The summed E-state index contributed by atoms with van der Waals surface area (Å²) in [5.74, 6) is -0.373. The molecule has 20 heavy (non-hydrogen) atoms. The van der Waals surface area contributed by atoms with Gasteiger partial charge >= 0.3 is 12.1 Å². The summed E-state index contributed by atoms with van der Waals surface area (Å²) in [6.45, 7) is 0. The van der Waals surface area contributed by atoms with Crippen LogP contribution in [-0.2, 0) is 15.7 Å². The Kier molecular flexibility index (Phi) is 4.32. The molecule has 1 aromatic rings. The fraction of sp³-hybridized carbons (Fsp3) is 0.500. The van der Waals surface area contributed by atoms with Crippen LogP contribution in [-0.4, -0.2) is 19.1 Å². The molecule has 1 saturated heterocycles. The molecule has 1 N–H and O–H groups in total. The van der Waals surface area contributed by atoms with Gasteiger partial charge in [0.2, 0.25) is 0 Å². The normalized spacial score (nSPS) is 23.4. The van der Waals surface area contributed by atoms with Crippen molar-refractivity contribution < 1.29 is 22.7 Å². The van der Waals surface area contributed by atoms with Gasteiger partial charge in [-0.25, -0.2) is 0 Å². The van der Waals surface area contributed by atoms with Crippen LogP contribution in [0.25, 0.3) is 0 Å². The van der Waals surface area contributed by atoms with E-state index in [0.29, 0.717) is 18.4 Å². The first kappa shape index (κ1) is 14.8. The van der Waals surface area contributed by atoms with E-state index >= 15 is 0 Å². The maximum Gasteiger partial charge on any atom is 0.416 e. The predicted octanol–water partition coefficient (Wildman–Crippen LogP) is 3.06. The standard InChI is InChI=1S/C14H16F3NO2/c1-20-13(19)12-7-3-6-11(18-12)9-4-2-5-10(8-9)14(15,16)17/h2,4-5,8,11-12,18H,3,6-7H2,1H3. The average Bonchev–Trinajstić information content (AvgIpc) is 2.46. The number of alkyl halides is 3. The van der Waals surface area contributed by atoms with Gasteiger partial charge in [0.05, 0.1) is 12.7 Å². The zero-order chi connectivity index (χ0) is 14.8. The first-order valence-electron chi connectivity index (χ1n) is 6.43. The predicted molar refractivity (Wildman–Crippen MR) is 67.0 cm³/mol. The molecular weight excluding hydrogens is 271 g/mol. The summed E-state index contributed by atoms with van der Waals surface area (Å²) in [6.07, 6.45) is -2.24. The molecule has 1 aliphatic heterocycles. The van der Waals surface area contributed by atoms with Crippen molar-refractivity contribution in [3.05, 3.63) is 35.4 Å². The van der Waals surface area contributed by atoms with E-state index in [9.17, 15) is 18.0 Å². The van der Waals surface area contributed by atoms with Gasteiger partial charge < -0.3 is 4.74 Å². The Bertz CT molecular complexity index is 488. The number of carbonyl (C=O) groups is 1. The number of benzene rings is 1. The van der Waals surface area contributed by atoms with Gasteiger partial charge in [0, 0.05) is 6.04 Å². The lowest BCUT2D eigenvalue weighted by Crippen LogP contribution is -2.43. The van der Waals surface area contributed by atoms with Crippen LogP contribution in [0.3, 0.4) is 0 Å². The molecule has 110 valence electrons. The number of halogens is 3. The highest BCUT2D eigenvalue weighted by Crippen LogP contribution is 2.33. The van der Waals surface area contributed by atoms with Crippen molar-refractivity contribution >= 4 is 5.97 Å². The first-order valence-corrected chi connectivity index (χ1v) is 6.43. The monoisotopic (exact) mass is 287 g/mol. The minimum Gasteiger partial charge on any atom is -0.468 e. The fourth-order valence-corrected chi connectivity index (χ4v) is 2.46. The smallest absolute Gasteiger partial charge is 0.416 e. The quantitative estimate of drug-likeness (QED) is 0.850. The number of rotatable bonds is 2. The molecule has 0 aliphatic carbocycles. The van der Waals surface area contributed by atoms with E-state index in [0.717, 1.165) is 18.6 Å². The molecule has 0 radical (unpaired) electrons. The second-order valence-corrected chi connectivity index (χ2v) is 4.85. The van der Waals surface area contributed by atoms with Crippen LogP contribution in [0.1, 0.15) is 36.4 Å². The summed E-state index contributed by atoms with van der Waals surface area (Å²) in [5, 5.41) is 3.06. The molecule has 1 aromatic carbocycles. The number of piperidine rings is 1. The first-order chi connectivity index (χ1) is 9.41. The maximum atomic E-state index is 12.7. The van der Waals surface area contributed by atoms with Crippen molar-refractivity contribution in [1.29, 1.82) is 0 Å². The largest absolute Gasteiger partial charge is 0.468 e. The van der Waals surface area contributed by atoms with Gasteiger partial charge in [0.25, 0.3) is 0 Å². The molecular formula is C14H16F3NO2. The zero-order valence-corrected chi connectivity index (χ0v) is 11.0. The number of hydrogen-bond donors (Lipinski definition) is 1. The van der Waals surface area contributed by atoms with Crippen molar-refractivity contribution in [1.82, 2.24) is 5.32 Å². The van der Waals surface area contributed by atoms with Crippen molar-refractivity contribution in [2.45, 2.75) is 37.5 Å². The summed E-state index contributed by atoms with van der Waals surface area (Å²) >= 11 is 0. The van der Waals surface area contributed by atoms with Crippen molar-refractivity contribution in [3.63, 3.8) is 0 Å². The fourth-order valence-electron chi connectivity index (χ4n) is 2.46. The summed E-state index contributed by atoms with van der Waals surface area (Å²) in [5.41, 5.74) is -0.120. The summed E-state index contributed by atoms with van der Waals surface area (Å²) in [4.78, 5) is 11.5. The molecule has 1 aliphatic rings. The molecule has 2 atom stereocenters. The van der Waals surface area contributed by atoms with E-state index in [1.165, 1.54) is 13.2 Å². The molecule has 0 spiro atoms. The van der Waals surface area contributed by atoms with E-state index < -0.39 is 17.8 Å². The van der Waals surface area contributed by atoms with Crippen molar-refractivity contribution in [3.8, 4) is 0 Å². The second-order valence-electron chi connectivity index (χ2n) is 4.85. The van der Waals surface area contributed by atoms with Gasteiger partial charge in [0.15, 0.2) is 0 Å².